The molecule has 1 amide bonds. The molecule has 0 fully saturated rings. The topological polar surface area (TPSA) is 29.5 Å². The summed E-state index contributed by atoms with van der Waals surface area (Å²) < 4.78 is 5.68. The third kappa shape index (κ3) is 2.50. The lowest BCUT2D eigenvalue weighted by Crippen LogP contribution is -2.41. The minimum absolute atomic E-state index is 0.213. The molecule has 1 heterocycles. The highest BCUT2D eigenvalue weighted by Gasteiger charge is 2.31. The van der Waals surface area contributed by atoms with Crippen molar-refractivity contribution in [1.82, 2.24) is 4.90 Å². The van der Waals surface area contributed by atoms with E-state index in [0.29, 0.717) is 19.7 Å². The van der Waals surface area contributed by atoms with E-state index >= 15 is 0 Å². The number of fused-ring (bicyclic) bond motifs is 1. The molecule has 0 aromatic heterocycles. The summed E-state index contributed by atoms with van der Waals surface area (Å²) in [5.74, 6) is 1.12. The van der Waals surface area contributed by atoms with Gasteiger partial charge in [0.25, 0.3) is 0 Å². The van der Waals surface area contributed by atoms with Crippen LogP contribution < -0.4 is 4.74 Å². The Bertz CT molecular complexity index is 440. The van der Waals surface area contributed by atoms with Crippen molar-refractivity contribution in [1.29, 1.82) is 0 Å². The van der Waals surface area contributed by atoms with Crippen LogP contribution in [0.25, 0.3) is 0 Å². The van der Waals surface area contributed by atoms with E-state index < -0.39 is 0 Å². The van der Waals surface area contributed by atoms with Crippen LogP contribution in [-0.2, 0) is 11.3 Å². The van der Waals surface area contributed by atoms with Crippen molar-refractivity contribution in [2.75, 3.05) is 13.2 Å². The predicted molar refractivity (Wildman–Crippen MR) is 71.4 cm³/mol. The summed E-state index contributed by atoms with van der Waals surface area (Å²) >= 11 is 0. The Balaban J connectivity index is 2.20. The van der Waals surface area contributed by atoms with Gasteiger partial charge in [-0.15, -0.1) is 0 Å². The maximum atomic E-state index is 12.5. The second-order valence-corrected chi connectivity index (χ2v) is 5.42. The SMILES string of the molecule is CCC(C)(C)C(=O)N1CCOc2ccccc2C1. The monoisotopic (exact) mass is 247 g/mol. The minimum atomic E-state index is -0.292. The molecule has 0 N–H and O–H groups in total. The molecule has 3 heteroatoms. The molecule has 0 radical (unpaired) electrons. The van der Waals surface area contributed by atoms with Crippen molar-refractivity contribution in [2.45, 2.75) is 33.7 Å². The molecule has 1 aromatic rings. The second kappa shape index (κ2) is 5.01. The van der Waals surface area contributed by atoms with Crippen LogP contribution >= 0.6 is 0 Å². The zero-order valence-electron chi connectivity index (χ0n) is 11.4. The standard InChI is InChI=1S/C15H21NO2/c1-4-15(2,3)14(17)16-9-10-18-13-8-6-5-7-12(13)11-16/h5-8H,4,9-11H2,1-3H3. The maximum Gasteiger partial charge on any atom is 0.228 e. The van der Waals surface area contributed by atoms with E-state index in [4.69, 9.17) is 4.74 Å². The first kappa shape index (κ1) is 12.9. The Labute approximate surface area is 109 Å². The van der Waals surface area contributed by atoms with Crippen molar-refractivity contribution in [2.24, 2.45) is 5.41 Å². The summed E-state index contributed by atoms with van der Waals surface area (Å²) in [6.45, 7) is 7.96. The lowest BCUT2D eigenvalue weighted by molar-refractivity contribution is -0.141. The lowest BCUT2D eigenvalue weighted by Gasteiger charge is -2.30. The Hall–Kier alpha value is -1.51. The summed E-state index contributed by atoms with van der Waals surface area (Å²) in [5.41, 5.74) is 0.800. The fourth-order valence-electron chi connectivity index (χ4n) is 2.08. The molecule has 0 bridgehead atoms. The molecule has 98 valence electrons. The maximum absolute atomic E-state index is 12.5. The van der Waals surface area contributed by atoms with Crippen LogP contribution in [0.1, 0.15) is 32.8 Å². The van der Waals surface area contributed by atoms with Crippen molar-refractivity contribution < 1.29 is 9.53 Å². The normalized spacial score (nSPS) is 15.6. The number of hydrogen-bond donors (Lipinski definition) is 0. The average Bonchev–Trinajstić information content (AvgIpc) is 2.59. The summed E-state index contributed by atoms with van der Waals surface area (Å²) in [5, 5.41) is 0. The van der Waals surface area contributed by atoms with Gasteiger partial charge in [-0.2, -0.15) is 0 Å². The molecule has 0 saturated carbocycles. The van der Waals surface area contributed by atoms with Gasteiger partial charge in [0, 0.05) is 17.5 Å². The van der Waals surface area contributed by atoms with E-state index in [1.807, 2.05) is 43.0 Å². The zero-order chi connectivity index (χ0) is 13.2. The largest absolute Gasteiger partial charge is 0.491 e. The van der Waals surface area contributed by atoms with Crippen LogP contribution in [0.2, 0.25) is 0 Å². The smallest absolute Gasteiger partial charge is 0.228 e. The molecule has 0 aliphatic carbocycles. The number of carbonyl (C=O) groups excluding carboxylic acids is 1. The van der Waals surface area contributed by atoms with Gasteiger partial charge in [-0.05, 0) is 12.5 Å². The van der Waals surface area contributed by atoms with Gasteiger partial charge in [0.1, 0.15) is 12.4 Å². The van der Waals surface area contributed by atoms with Crippen molar-refractivity contribution in [3.8, 4) is 5.75 Å². The van der Waals surface area contributed by atoms with Crippen LogP contribution in [0.3, 0.4) is 0 Å². The minimum Gasteiger partial charge on any atom is -0.491 e. The van der Waals surface area contributed by atoms with Gasteiger partial charge in [0.15, 0.2) is 0 Å². The molecule has 18 heavy (non-hydrogen) atoms. The van der Waals surface area contributed by atoms with Crippen LogP contribution in [0.15, 0.2) is 24.3 Å². The summed E-state index contributed by atoms with van der Waals surface area (Å²) in [7, 11) is 0. The second-order valence-electron chi connectivity index (χ2n) is 5.42. The first-order valence-electron chi connectivity index (χ1n) is 6.54. The summed E-state index contributed by atoms with van der Waals surface area (Å²) in [6, 6.07) is 7.95. The number of benzene rings is 1. The molecule has 1 aliphatic heterocycles. The number of rotatable bonds is 2. The van der Waals surface area contributed by atoms with Gasteiger partial charge in [0.2, 0.25) is 5.91 Å². The van der Waals surface area contributed by atoms with Crippen LogP contribution in [0.5, 0.6) is 5.75 Å². The van der Waals surface area contributed by atoms with Crippen molar-refractivity contribution in [3.05, 3.63) is 29.8 Å². The Morgan fingerprint density at radius 3 is 2.83 bits per heavy atom. The number of nitrogens with zero attached hydrogens (tertiary/aromatic N) is 1. The molecular formula is C15H21NO2. The first-order valence-corrected chi connectivity index (χ1v) is 6.54. The Kier molecular flexibility index (Phi) is 3.60. The predicted octanol–water partition coefficient (Wildman–Crippen LogP) is 2.84. The molecule has 0 atom stereocenters. The lowest BCUT2D eigenvalue weighted by atomic mass is 9.88. The Morgan fingerprint density at radius 1 is 1.39 bits per heavy atom. The van der Waals surface area contributed by atoms with Crippen molar-refractivity contribution >= 4 is 5.91 Å². The van der Waals surface area contributed by atoms with E-state index in [9.17, 15) is 4.79 Å². The van der Waals surface area contributed by atoms with E-state index in [2.05, 4.69) is 6.92 Å². The molecular weight excluding hydrogens is 226 g/mol. The number of carbonyl (C=O) groups is 1. The third-order valence-corrected chi connectivity index (χ3v) is 3.70. The van der Waals surface area contributed by atoms with Crippen molar-refractivity contribution in [3.63, 3.8) is 0 Å². The molecule has 2 rings (SSSR count). The van der Waals surface area contributed by atoms with Gasteiger partial charge in [-0.3, -0.25) is 4.79 Å². The molecule has 0 spiro atoms. The number of para-hydroxylation sites is 1. The quantitative estimate of drug-likeness (QED) is 0.804. The van der Waals surface area contributed by atoms with Crippen LogP contribution in [0.4, 0.5) is 0 Å². The summed E-state index contributed by atoms with van der Waals surface area (Å²) in [4.78, 5) is 14.4. The number of amides is 1. The average molecular weight is 247 g/mol. The number of ether oxygens (including phenoxy) is 1. The fourth-order valence-corrected chi connectivity index (χ4v) is 2.08. The van der Waals surface area contributed by atoms with Gasteiger partial charge >= 0.3 is 0 Å². The molecule has 1 aliphatic rings. The molecule has 0 unspecified atom stereocenters. The zero-order valence-corrected chi connectivity index (χ0v) is 11.4. The van der Waals surface area contributed by atoms with E-state index in [1.54, 1.807) is 0 Å². The van der Waals surface area contributed by atoms with Gasteiger partial charge in [-0.1, -0.05) is 39.0 Å². The van der Waals surface area contributed by atoms with Gasteiger partial charge in [-0.25, -0.2) is 0 Å². The van der Waals surface area contributed by atoms with Gasteiger partial charge < -0.3 is 9.64 Å². The van der Waals surface area contributed by atoms with E-state index in [-0.39, 0.29) is 11.3 Å². The Morgan fingerprint density at radius 2 is 2.11 bits per heavy atom. The highest BCUT2D eigenvalue weighted by atomic mass is 16.5. The first-order chi connectivity index (χ1) is 8.54. The van der Waals surface area contributed by atoms with Crippen LogP contribution in [-0.4, -0.2) is 24.0 Å². The highest BCUT2D eigenvalue weighted by molar-refractivity contribution is 5.82. The third-order valence-electron chi connectivity index (χ3n) is 3.70. The fraction of sp³-hybridized carbons (Fsp3) is 0.533. The van der Waals surface area contributed by atoms with Crippen LogP contribution in [0, 0.1) is 5.41 Å². The highest BCUT2D eigenvalue weighted by Crippen LogP contribution is 2.27. The molecule has 1 aromatic carbocycles. The molecule has 3 nitrogen and oxygen atoms in total. The van der Waals surface area contributed by atoms with E-state index in [0.717, 1.165) is 17.7 Å². The van der Waals surface area contributed by atoms with E-state index in [1.165, 1.54) is 0 Å². The molecule has 0 saturated heterocycles. The number of hydrogen-bond acceptors (Lipinski definition) is 2. The van der Waals surface area contributed by atoms with Gasteiger partial charge in [0.05, 0.1) is 6.54 Å². The summed E-state index contributed by atoms with van der Waals surface area (Å²) in [6.07, 6.45) is 0.852.